The molecule has 2 aromatic rings. The van der Waals surface area contributed by atoms with E-state index < -0.39 is 11.9 Å². The summed E-state index contributed by atoms with van der Waals surface area (Å²) < 4.78 is 5.15. The molecular weight excluding hydrogens is 360 g/mol. The number of nitriles is 1. The van der Waals surface area contributed by atoms with Crippen LogP contribution in [0.25, 0.3) is 0 Å². The predicted molar refractivity (Wildman–Crippen MR) is 105 cm³/mol. The number of hydrogen-bond acceptors (Lipinski definition) is 5. The second kappa shape index (κ2) is 7.93. The lowest BCUT2D eigenvalue weighted by molar-refractivity contribution is -0.119. The van der Waals surface area contributed by atoms with Crippen LogP contribution in [0.5, 0.6) is 0 Å². The van der Waals surface area contributed by atoms with Gasteiger partial charge in [-0.05, 0) is 56.2 Å². The van der Waals surface area contributed by atoms with E-state index in [0.29, 0.717) is 22.0 Å². The van der Waals surface area contributed by atoms with Crippen LogP contribution >= 0.6 is 11.3 Å². The van der Waals surface area contributed by atoms with Gasteiger partial charge in [-0.15, -0.1) is 11.3 Å². The van der Waals surface area contributed by atoms with E-state index in [2.05, 4.69) is 18.3 Å². The number of ether oxygens (including phenoxy) is 1. The molecule has 1 amide bonds. The number of rotatable bonds is 4. The van der Waals surface area contributed by atoms with Gasteiger partial charge < -0.3 is 10.1 Å². The molecule has 5 nitrogen and oxygen atoms in total. The highest BCUT2D eigenvalue weighted by atomic mass is 32.1. The van der Waals surface area contributed by atoms with Crippen molar-refractivity contribution in [3.8, 4) is 6.07 Å². The number of carbonyl (C=O) groups excluding carboxylic acids is 2. The van der Waals surface area contributed by atoms with Crippen LogP contribution in [-0.4, -0.2) is 18.5 Å². The normalized spacial score (nSPS) is 15.6. The zero-order valence-electron chi connectivity index (χ0n) is 15.7. The van der Waals surface area contributed by atoms with Crippen molar-refractivity contribution in [1.29, 1.82) is 5.26 Å². The van der Waals surface area contributed by atoms with E-state index in [-0.39, 0.29) is 6.61 Å². The van der Waals surface area contributed by atoms with Crippen LogP contribution in [0.4, 0.5) is 5.00 Å². The van der Waals surface area contributed by atoms with E-state index in [1.54, 1.807) is 6.07 Å². The van der Waals surface area contributed by atoms with Gasteiger partial charge in [0.05, 0.1) is 11.1 Å². The smallest absolute Gasteiger partial charge is 0.338 e. The van der Waals surface area contributed by atoms with Gasteiger partial charge in [0, 0.05) is 4.88 Å². The fourth-order valence-corrected chi connectivity index (χ4v) is 4.75. The molecule has 1 aromatic heterocycles. The Morgan fingerprint density at radius 2 is 2.15 bits per heavy atom. The fourth-order valence-electron chi connectivity index (χ4n) is 3.37. The summed E-state index contributed by atoms with van der Waals surface area (Å²) in [5.41, 5.74) is 3.93. The number of fused-ring (bicyclic) bond motifs is 1. The zero-order chi connectivity index (χ0) is 19.6. The minimum atomic E-state index is -0.526. The highest BCUT2D eigenvalue weighted by molar-refractivity contribution is 7.16. The Kier molecular flexibility index (Phi) is 5.62. The minimum Gasteiger partial charge on any atom is -0.452 e. The molecule has 0 bridgehead atoms. The first-order valence-corrected chi connectivity index (χ1v) is 9.79. The molecule has 1 atom stereocenters. The Labute approximate surface area is 163 Å². The third kappa shape index (κ3) is 4.20. The standard InChI is InChI=1S/C21H22N2O3S/c1-12-4-6-15(14(3)8-12)21(25)26-11-19(24)23-20-17(10-22)16-7-5-13(2)9-18(16)27-20/h4,6,8,13H,5,7,9,11H2,1-3H3,(H,23,24). The van der Waals surface area contributed by atoms with Gasteiger partial charge in [0.1, 0.15) is 11.1 Å². The first-order chi connectivity index (χ1) is 12.9. The van der Waals surface area contributed by atoms with E-state index in [1.165, 1.54) is 16.2 Å². The lowest BCUT2D eigenvalue weighted by Crippen LogP contribution is -2.21. The molecule has 0 saturated heterocycles. The molecule has 1 aliphatic rings. The molecular formula is C21H22N2O3S. The van der Waals surface area contributed by atoms with Gasteiger partial charge >= 0.3 is 5.97 Å². The average Bonchev–Trinajstić information content (AvgIpc) is 2.95. The van der Waals surface area contributed by atoms with Crippen LogP contribution < -0.4 is 5.32 Å². The highest BCUT2D eigenvalue weighted by Gasteiger charge is 2.25. The number of benzene rings is 1. The highest BCUT2D eigenvalue weighted by Crippen LogP contribution is 2.39. The fraction of sp³-hybridized carbons (Fsp3) is 0.381. The summed E-state index contributed by atoms with van der Waals surface area (Å²) in [7, 11) is 0. The van der Waals surface area contributed by atoms with Crippen molar-refractivity contribution in [3.05, 3.63) is 50.9 Å². The van der Waals surface area contributed by atoms with Gasteiger partial charge in [-0.25, -0.2) is 4.79 Å². The second-order valence-electron chi connectivity index (χ2n) is 7.11. The molecule has 6 heteroatoms. The summed E-state index contributed by atoms with van der Waals surface area (Å²) in [5, 5.41) is 12.8. The van der Waals surface area contributed by atoms with Crippen molar-refractivity contribution in [2.24, 2.45) is 5.92 Å². The van der Waals surface area contributed by atoms with Gasteiger partial charge in [-0.2, -0.15) is 5.26 Å². The summed E-state index contributed by atoms with van der Waals surface area (Å²) >= 11 is 1.46. The number of carbonyl (C=O) groups is 2. The number of amides is 1. The number of hydrogen-bond donors (Lipinski definition) is 1. The molecule has 1 aliphatic carbocycles. The number of anilines is 1. The molecule has 1 aromatic carbocycles. The quantitative estimate of drug-likeness (QED) is 0.806. The van der Waals surface area contributed by atoms with Crippen molar-refractivity contribution >= 4 is 28.2 Å². The monoisotopic (exact) mass is 382 g/mol. The Hall–Kier alpha value is -2.65. The molecule has 0 spiro atoms. The van der Waals surface area contributed by atoms with Crippen LogP contribution in [0.2, 0.25) is 0 Å². The molecule has 0 saturated carbocycles. The van der Waals surface area contributed by atoms with Crippen molar-refractivity contribution < 1.29 is 14.3 Å². The Bertz CT molecular complexity index is 940. The topological polar surface area (TPSA) is 79.2 Å². The van der Waals surface area contributed by atoms with Gasteiger partial charge in [-0.3, -0.25) is 4.79 Å². The largest absolute Gasteiger partial charge is 0.452 e. The second-order valence-corrected chi connectivity index (χ2v) is 8.22. The summed E-state index contributed by atoms with van der Waals surface area (Å²) in [6, 6.07) is 7.65. The zero-order valence-corrected chi connectivity index (χ0v) is 16.5. The molecule has 27 heavy (non-hydrogen) atoms. The van der Waals surface area contributed by atoms with E-state index in [1.807, 2.05) is 26.0 Å². The van der Waals surface area contributed by atoms with E-state index in [0.717, 1.165) is 36.0 Å². The minimum absolute atomic E-state index is 0.379. The predicted octanol–water partition coefficient (Wildman–Crippen LogP) is 4.16. The molecule has 0 aliphatic heterocycles. The maximum absolute atomic E-state index is 12.2. The maximum atomic E-state index is 12.2. The Balaban J connectivity index is 1.65. The maximum Gasteiger partial charge on any atom is 0.338 e. The number of aryl methyl sites for hydroxylation is 2. The van der Waals surface area contributed by atoms with Crippen LogP contribution in [0.15, 0.2) is 18.2 Å². The van der Waals surface area contributed by atoms with Crippen molar-refractivity contribution in [3.63, 3.8) is 0 Å². The Morgan fingerprint density at radius 1 is 1.37 bits per heavy atom. The number of nitrogens with zero attached hydrogens (tertiary/aromatic N) is 1. The van der Waals surface area contributed by atoms with E-state index in [4.69, 9.17) is 4.74 Å². The van der Waals surface area contributed by atoms with E-state index in [9.17, 15) is 14.9 Å². The average molecular weight is 382 g/mol. The number of nitrogens with one attached hydrogen (secondary N) is 1. The van der Waals surface area contributed by atoms with Crippen LogP contribution in [-0.2, 0) is 22.4 Å². The molecule has 1 heterocycles. The van der Waals surface area contributed by atoms with Crippen molar-refractivity contribution in [1.82, 2.24) is 0 Å². The lowest BCUT2D eigenvalue weighted by atomic mass is 9.89. The summed E-state index contributed by atoms with van der Waals surface area (Å²) in [5.74, 6) is -0.372. The van der Waals surface area contributed by atoms with Gasteiger partial charge in [0.25, 0.3) is 5.91 Å². The van der Waals surface area contributed by atoms with Crippen LogP contribution in [0, 0.1) is 31.1 Å². The molecule has 140 valence electrons. The van der Waals surface area contributed by atoms with Gasteiger partial charge in [0.15, 0.2) is 6.61 Å². The van der Waals surface area contributed by atoms with Gasteiger partial charge in [0.2, 0.25) is 0 Å². The van der Waals surface area contributed by atoms with Crippen LogP contribution in [0.3, 0.4) is 0 Å². The van der Waals surface area contributed by atoms with Crippen molar-refractivity contribution in [2.45, 2.75) is 40.0 Å². The molecule has 1 N–H and O–H groups in total. The number of esters is 1. The van der Waals surface area contributed by atoms with Gasteiger partial charge in [-0.1, -0.05) is 24.6 Å². The molecule has 0 fully saturated rings. The van der Waals surface area contributed by atoms with E-state index >= 15 is 0 Å². The third-order valence-electron chi connectivity index (χ3n) is 4.81. The van der Waals surface area contributed by atoms with Crippen LogP contribution in [0.1, 0.15) is 50.8 Å². The van der Waals surface area contributed by atoms with Crippen molar-refractivity contribution in [2.75, 3.05) is 11.9 Å². The lowest BCUT2D eigenvalue weighted by Gasteiger charge is -2.17. The third-order valence-corrected chi connectivity index (χ3v) is 5.98. The Morgan fingerprint density at radius 3 is 2.85 bits per heavy atom. The summed E-state index contributed by atoms with van der Waals surface area (Å²) in [4.78, 5) is 25.6. The summed E-state index contributed by atoms with van der Waals surface area (Å²) in [6.45, 7) is 5.60. The SMILES string of the molecule is Cc1ccc(C(=O)OCC(=O)Nc2sc3c(c2C#N)CCC(C)C3)c(C)c1. The number of thiophene rings is 1. The first kappa shape index (κ1) is 19.1. The summed E-state index contributed by atoms with van der Waals surface area (Å²) in [6.07, 6.45) is 2.86. The molecule has 1 unspecified atom stereocenters. The first-order valence-electron chi connectivity index (χ1n) is 8.98. The molecule has 3 rings (SSSR count). The molecule has 0 radical (unpaired) electrons.